The summed E-state index contributed by atoms with van der Waals surface area (Å²) in [5.41, 5.74) is 1.87. The van der Waals surface area contributed by atoms with Crippen molar-refractivity contribution in [1.29, 1.82) is 0 Å². The molecule has 8 unspecified atom stereocenters. The third-order valence-electron chi connectivity index (χ3n) is 9.52. The maximum absolute atomic E-state index is 11.6. The second-order valence-corrected chi connectivity index (χ2v) is 10.7. The molecule has 3 aliphatic heterocycles. The van der Waals surface area contributed by atoms with Crippen molar-refractivity contribution in [2.24, 2.45) is 17.3 Å². The highest BCUT2D eigenvalue weighted by Gasteiger charge is 2.77. The Bertz CT molecular complexity index is 853. The third kappa shape index (κ3) is 2.53. The zero-order valence-corrected chi connectivity index (χ0v) is 18.0. The number of carbonyl (C=O) groups is 1. The SMILES string of the molecule is CC(c1ccc(C=O)cc1)C1C2C=CC3N1C3(O)C2CNC1CCCC12CCCC2. The second-order valence-electron chi connectivity index (χ2n) is 10.7. The summed E-state index contributed by atoms with van der Waals surface area (Å²) >= 11 is 0. The summed E-state index contributed by atoms with van der Waals surface area (Å²) in [7, 11) is 0. The first-order valence-electron chi connectivity index (χ1n) is 12.1. The van der Waals surface area contributed by atoms with Gasteiger partial charge in [0.25, 0.3) is 0 Å². The predicted molar refractivity (Wildman–Crippen MR) is 117 cm³/mol. The van der Waals surface area contributed by atoms with Crippen LogP contribution in [0.4, 0.5) is 0 Å². The first-order chi connectivity index (χ1) is 14.6. The predicted octanol–water partition coefficient (Wildman–Crippen LogP) is 3.86. The molecule has 0 amide bonds. The molecular weight excluding hydrogens is 372 g/mol. The van der Waals surface area contributed by atoms with E-state index in [-0.39, 0.29) is 12.0 Å². The fourth-order valence-corrected chi connectivity index (χ4v) is 7.94. The van der Waals surface area contributed by atoms with Gasteiger partial charge >= 0.3 is 0 Å². The van der Waals surface area contributed by atoms with Gasteiger partial charge in [0.1, 0.15) is 12.0 Å². The Hall–Kier alpha value is -1.49. The van der Waals surface area contributed by atoms with E-state index in [2.05, 4.69) is 41.4 Å². The number of rotatable bonds is 6. The van der Waals surface area contributed by atoms with E-state index in [1.165, 1.54) is 50.5 Å². The molecular formula is C26H34N2O2. The monoisotopic (exact) mass is 406 g/mol. The van der Waals surface area contributed by atoms with Crippen LogP contribution in [0.3, 0.4) is 0 Å². The van der Waals surface area contributed by atoms with Crippen LogP contribution in [0.2, 0.25) is 0 Å². The lowest BCUT2D eigenvalue weighted by Gasteiger charge is -2.37. The Morgan fingerprint density at radius 1 is 1.17 bits per heavy atom. The van der Waals surface area contributed by atoms with Crippen molar-refractivity contribution in [3.05, 3.63) is 47.5 Å². The Labute approximate surface area is 179 Å². The minimum absolute atomic E-state index is 0.181. The van der Waals surface area contributed by atoms with Gasteiger partial charge < -0.3 is 10.4 Å². The molecule has 7 rings (SSSR count). The van der Waals surface area contributed by atoms with Crippen LogP contribution in [0.15, 0.2) is 36.4 Å². The van der Waals surface area contributed by atoms with Gasteiger partial charge in [0, 0.05) is 36.0 Å². The van der Waals surface area contributed by atoms with E-state index in [1.54, 1.807) is 0 Å². The molecule has 30 heavy (non-hydrogen) atoms. The van der Waals surface area contributed by atoms with Gasteiger partial charge in [-0.25, -0.2) is 0 Å². The van der Waals surface area contributed by atoms with Crippen LogP contribution >= 0.6 is 0 Å². The van der Waals surface area contributed by atoms with Gasteiger partial charge in [0.05, 0.1) is 6.04 Å². The van der Waals surface area contributed by atoms with Crippen LogP contribution in [-0.4, -0.2) is 46.7 Å². The Kier molecular flexibility index (Phi) is 4.32. The van der Waals surface area contributed by atoms with Crippen molar-refractivity contribution in [3.63, 3.8) is 0 Å². The first kappa shape index (κ1) is 19.2. The molecule has 4 nitrogen and oxygen atoms in total. The Morgan fingerprint density at radius 3 is 2.63 bits per heavy atom. The summed E-state index contributed by atoms with van der Waals surface area (Å²) in [4.78, 5) is 13.4. The van der Waals surface area contributed by atoms with Crippen molar-refractivity contribution < 1.29 is 9.90 Å². The summed E-state index contributed by atoms with van der Waals surface area (Å²) < 4.78 is 0. The van der Waals surface area contributed by atoms with Gasteiger partial charge in [0.15, 0.2) is 0 Å². The van der Waals surface area contributed by atoms with Gasteiger partial charge in [-0.15, -0.1) is 0 Å². The van der Waals surface area contributed by atoms with E-state index in [9.17, 15) is 9.90 Å². The van der Waals surface area contributed by atoms with Gasteiger partial charge in [-0.1, -0.05) is 62.6 Å². The highest BCUT2D eigenvalue weighted by Crippen LogP contribution is 2.64. The number of hydrogen-bond acceptors (Lipinski definition) is 4. The second kappa shape index (κ2) is 6.75. The molecule has 160 valence electrons. The maximum atomic E-state index is 11.6. The quantitative estimate of drug-likeness (QED) is 0.428. The van der Waals surface area contributed by atoms with Gasteiger partial charge in [-0.05, 0) is 42.6 Å². The van der Waals surface area contributed by atoms with E-state index >= 15 is 0 Å². The first-order valence-corrected chi connectivity index (χ1v) is 12.1. The van der Waals surface area contributed by atoms with Gasteiger partial charge in [0.2, 0.25) is 0 Å². The number of aldehydes is 1. The fourth-order valence-electron chi connectivity index (χ4n) is 7.94. The molecule has 1 spiro atoms. The highest BCUT2D eigenvalue weighted by molar-refractivity contribution is 5.74. The molecule has 3 heterocycles. The lowest BCUT2D eigenvalue weighted by atomic mass is 9.73. The molecule has 2 saturated heterocycles. The number of aliphatic hydroxyl groups is 1. The maximum Gasteiger partial charge on any atom is 0.150 e. The highest BCUT2D eigenvalue weighted by atomic mass is 16.3. The molecule has 0 radical (unpaired) electrons. The third-order valence-corrected chi connectivity index (χ3v) is 9.52. The molecule has 1 aromatic carbocycles. The molecule has 4 bridgehead atoms. The molecule has 4 fully saturated rings. The fraction of sp³-hybridized carbons (Fsp3) is 0.654. The number of benzene rings is 1. The van der Waals surface area contributed by atoms with Crippen molar-refractivity contribution in [3.8, 4) is 0 Å². The average Bonchev–Trinajstić information content (AvgIpc) is 3.15. The van der Waals surface area contributed by atoms with Gasteiger partial charge in [-0.3, -0.25) is 9.69 Å². The van der Waals surface area contributed by atoms with Gasteiger partial charge in [-0.2, -0.15) is 0 Å². The standard InChI is InChI=1S/C26H34N2O2/c1-17(19-8-6-18(16-29)7-9-19)24-20-10-11-23-26(30,28(23)24)21(20)15-27-22-5-4-14-25(22)12-2-3-13-25/h6-11,16-17,20-24,27,30H,2-5,12-15H2,1H3. The van der Waals surface area contributed by atoms with E-state index in [1.807, 2.05) is 12.1 Å². The lowest BCUT2D eigenvalue weighted by Crippen LogP contribution is -2.47. The van der Waals surface area contributed by atoms with Crippen molar-refractivity contribution in [2.45, 2.75) is 81.6 Å². The Morgan fingerprint density at radius 2 is 1.90 bits per heavy atom. The molecule has 2 N–H and O–H groups in total. The molecule has 1 aromatic rings. The van der Waals surface area contributed by atoms with Crippen LogP contribution in [0.25, 0.3) is 0 Å². The summed E-state index contributed by atoms with van der Waals surface area (Å²) in [5.74, 6) is 0.984. The molecule has 0 aromatic heterocycles. The summed E-state index contributed by atoms with van der Waals surface area (Å²) in [6.45, 7) is 3.21. The number of hydrogen-bond donors (Lipinski definition) is 2. The Balaban J connectivity index is 1.20. The number of carbonyl (C=O) groups excluding carboxylic acids is 1. The van der Waals surface area contributed by atoms with Crippen molar-refractivity contribution in [1.82, 2.24) is 10.2 Å². The molecule has 3 aliphatic carbocycles. The zero-order chi connectivity index (χ0) is 20.5. The molecule has 2 saturated carbocycles. The van der Waals surface area contributed by atoms with Crippen LogP contribution in [0, 0.1) is 17.3 Å². The van der Waals surface area contributed by atoms with Crippen LogP contribution < -0.4 is 5.32 Å². The van der Waals surface area contributed by atoms with Crippen LogP contribution in [0.1, 0.15) is 73.7 Å². The lowest BCUT2D eigenvalue weighted by molar-refractivity contribution is 0.0485. The number of nitrogens with one attached hydrogen (secondary N) is 1. The number of nitrogens with zero attached hydrogens (tertiary/aromatic N) is 1. The van der Waals surface area contributed by atoms with Crippen LogP contribution in [-0.2, 0) is 0 Å². The average molecular weight is 407 g/mol. The van der Waals surface area contributed by atoms with Crippen molar-refractivity contribution >= 4 is 6.29 Å². The van der Waals surface area contributed by atoms with E-state index < -0.39 is 5.72 Å². The summed E-state index contributed by atoms with van der Waals surface area (Å²) in [6.07, 6.45) is 15.2. The molecule has 6 aliphatic rings. The number of piperidine rings is 1. The minimum atomic E-state index is -0.657. The van der Waals surface area contributed by atoms with Crippen LogP contribution in [0.5, 0.6) is 0 Å². The summed E-state index contributed by atoms with van der Waals surface area (Å²) in [6, 6.07) is 9.16. The van der Waals surface area contributed by atoms with E-state index in [0.717, 1.165) is 18.4 Å². The zero-order valence-electron chi connectivity index (χ0n) is 18.0. The van der Waals surface area contributed by atoms with E-state index in [4.69, 9.17) is 0 Å². The summed E-state index contributed by atoms with van der Waals surface area (Å²) in [5, 5.41) is 15.6. The molecule has 4 heteroatoms. The largest absolute Gasteiger partial charge is 0.373 e. The normalized spacial score (nSPS) is 43.3. The smallest absolute Gasteiger partial charge is 0.150 e. The van der Waals surface area contributed by atoms with Crippen molar-refractivity contribution in [2.75, 3.05) is 6.54 Å². The minimum Gasteiger partial charge on any atom is -0.373 e. The van der Waals surface area contributed by atoms with E-state index in [0.29, 0.717) is 29.3 Å². The molecule has 8 atom stereocenters. The topological polar surface area (TPSA) is 52.3 Å².